The van der Waals surface area contributed by atoms with Gasteiger partial charge in [-0.3, -0.25) is 4.79 Å². The van der Waals surface area contributed by atoms with Crippen LogP contribution < -0.4 is 10.6 Å². The van der Waals surface area contributed by atoms with E-state index in [1.165, 1.54) is 0 Å². The minimum atomic E-state index is -0.931. The summed E-state index contributed by atoms with van der Waals surface area (Å²) in [4.78, 5) is 22.4. The Labute approximate surface area is 119 Å². The summed E-state index contributed by atoms with van der Waals surface area (Å²) in [5.41, 5.74) is 1.17. The lowest BCUT2D eigenvalue weighted by Gasteiger charge is -2.11. The molecule has 0 spiro atoms. The standard InChI is InChI=1S/C15H22N2O3/c1-3-11(2)17-14(18)7-8-16-10-12-5-4-6-13(9-12)15(19)20/h4-6,9,11,16H,3,7-8,10H2,1-2H3,(H,17,18)(H,19,20). The Morgan fingerprint density at radius 2 is 2.10 bits per heavy atom. The minimum absolute atomic E-state index is 0.0335. The first-order valence-electron chi connectivity index (χ1n) is 6.85. The predicted octanol–water partition coefficient (Wildman–Crippen LogP) is 1.78. The summed E-state index contributed by atoms with van der Waals surface area (Å²) >= 11 is 0. The third-order valence-electron chi connectivity index (χ3n) is 3.05. The maximum Gasteiger partial charge on any atom is 0.335 e. The SMILES string of the molecule is CCC(C)NC(=O)CCNCc1cccc(C(=O)O)c1. The van der Waals surface area contributed by atoms with E-state index in [-0.39, 0.29) is 17.5 Å². The van der Waals surface area contributed by atoms with E-state index in [1.54, 1.807) is 18.2 Å². The van der Waals surface area contributed by atoms with Gasteiger partial charge in [0.15, 0.2) is 0 Å². The van der Waals surface area contributed by atoms with Crippen molar-refractivity contribution >= 4 is 11.9 Å². The highest BCUT2D eigenvalue weighted by atomic mass is 16.4. The molecule has 1 aromatic carbocycles. The van der Waals surface area contributed by atoms with Crippen molar-refractivity contribution in [1.29, 1.82) is 0 Å². The van der Waals surface area contributed by atoms with Crippen molar-refractivity contribution in [2.24, 2.45) is 0 Å². The maximum atomic E-state index is 11.5. The predicted molar refractivity (Wildman–Crippen MR) is 77.6 cm³/mol. The molecule has 0 aromatic heterocycles. The first kappa shape index (κ1) is 16.2. The average molecular weight is 278 g/mol. The van der Waals surface area contributed by atoms with E-state index in [4.69, 9.17) is 5.11 Å². The first-order valence-corrected chi connectivity index (χ1v) is 6.85. The molecule has 5 nitrogen and oxygen atoms in total. The lowest BCUT2D eigenvalue weighted by Crippen LogP contribution is -2.33. The summed E-state index contributed by atoms with van der Waals surface area (Å²) in [6.07, 6.45) is 1.34. The smallest absolute Gasteiger partial charge is 0.335 e. The Morgan fingerprint density at radius 3 is 2.75 bits per heavy atom. The van der Waals surface area contributed by atoms with Crippen molar-refractivity contribution in [3.8, 4) is 0 Å². The van der Waals surface area contributed by atoms with Crippen molar-refractivity contribution in [1.82, 2.24) is 10.6 Å². The van der Waals surface area contributed by atoms with Crippen LogP contribution in [0.2, 0.25) is 0 Å². The Kier molecular flexibility index (Phi) is 6.73. The van der Waals surface area contributed by atoms with Gasteiger partial charge in [-0.05, 0) is 31.0 Å². The number of hydrogen-bond acceptors (Lipinski definition) is 3. The third-order valence-corrected chi connectivity index (χ3v) is 3.05. The molecule has 0 aliphatic carbocycles. The molecular formula is C15H22N2O3. The van der Waals surface area contributed by atoms with Crippen molar-refractivity contribution in [2.45, 2.75) is 39.3 Å². The van der Waals surface area contributed by atoms with Gasteiger partial charge in [0, 0.05) is 25.6 Å². The molecule has 1 rings (SSSR count). The van der Waals surface area contributed by atoms with Crippen LogP contribution >= 0.6 is 0 Å². The van der Waals surface area contributed by atoms with Gasteiger partial charge in [-0.1, -0.05) is 19.1 Å². The van der Waals surface area contributed by atoms with E-state index in [1.807, 2.05) is 19.9 Å². The number of aromatic carboxylic acids is 1. The maximum absolute atomic E-state index is 11.5. The van der Waals surface area contributed by atoms with Crippen LogP contribution in [0, 0.1) is 0 Å². The summed E-state index contributed by atoms with van der Waals surface area (Å²) in [6, 6.07) is 6.98. The fourth-order valence-electron chi connectivity index (χ4n) is 1.70. The fourth-order valence-corrected chi connectivity index (χ4v) is 1.70. The van der Waals surface area contributed by atoms with Gasteiger partial charge in [-0.25, -0.2) is 4.79 Å². The molecular weight excluding hydrogens is 256 g/mol. The number of hydrogen-bond donors (Lipinski definition) is 3. The normalized spacial score (nSPS) is 11.9. The molecule has 20 heavy (non-hydrogen) atoms. The molecule has 0 aliphatic rings. The Balaban J connectivity index is 2.29. The molecule has 5 heteroatoms. The van der Waals surface area contributed by atoms with Crippen LogP contribution in [0.15, 0.2) is 24.3 Å². The molecule has 1 aromatic rings. The van der Waals surface area contributed by atoms with Crippen LogP contribution in [0.4, 0.5) is 0 Å². The molecule has 0 saturated heterocycles. The van der Waals surface area contributed by atoms with E-state index >= 15 is 0 Å². The Hall–Kier alpha value is -1.88. The van der Waals surface area contributed by atoms with E-state index in [9.17, 15) is 9.59 Å². The third kappa shape index (κ3) is 5.84. The average Bonchev–Trinajstić information content (AvgIpc) is 2.43. The molecule has 0 saturated carbocycles. The van der Waals surface area contributed by atoms with E-state index in [0.717, 1.165) is 12.0 Å². The van der Waals surface area contributed by atoms with Crippen molar-refractivity contribution < 1.29 is 14.7 Å². The zero-order valence-corrected chi connectivity index (χ0v) is 12.0. The van der Waals surface area contributed by atoms with Crippen LogP contribution in [0.1, 0.15) is 42.6 Å². The number of rotatable bonds is 8. The molecule has 0 bridgehead atoms. The second-order valence-corrected chi connectivity index (χ2v) is 4.81. The molecule has 0 fully saturated rings. The number of nitrogens with one attached hydrogen (secondary N) is 2. The minimum Gasteiger partial charge on any atom is -0.478 e. The van der Waals surface area contributed by atoms with Crippen molar-refractivity contribution in [3.05, 3.63) is 35.4 Å². The molecule has 0 radical (unpaired) electrons. The Bertz CT molecular complexity index is 460. The molecule has 0 aliphatic heterocycles. The number of carbonyl (C=O) groups is 2. The quantitative estimate of drug-likeness (QED) is 0.633. The second kappa shape index (κ2) is 8.32. The second-order valence-electron chi connectivity index (χ2n) is 4.81. The lowest BCUT2D eigenvalue weighted by atomic mass is 10.1. The summed E-state index contributed by atoms with van der Waals surface area (Å²) in [5, 5.41) is 14.9. The molecule has 1 unspecified atom stereocenters. The molecule has 3 N–H and O–H groups in total. The van der Waals surface area contributed by atoms with Gasteiger partial charge in [-0.15, -0.1) is 0 Å². The lowest BCUT2D eigenvalue weighted by molar-refractivity contribution is -0.121. The van der Waals surface area contributed by atoms with Gasteiger partial charge in [0.1, 0.15) is 0 Å². The summed E-state index contributed by atoms with van der Waals surface area (Å²) in [5.74, 6) is -0.897. The topological polar surface area (TPSA) is 78.4 Å². The van der Waals surface area contributed by atoms with Gasteiger partial charge < -0.3 is 15.7 Å². The molecule has 1 atom stereocenters. The number of carboxylic acid groups (broad SMARTS) is 1. The summed E-state index contributed by atoms with van der Waals surface area (Å²) < 4.78 is 0. The van der Waals surface area contributed by atoms with E-state index < -0.39 is 5.97 Å². The van der Waals surface area contributed by atoms with E-state index in [0.29, 0.717) is 19.5 Å². The Morgan fingerprint density at radius 1 is 1.35 bits per heavy atom. The molecule has 110 valence electrons. The summed E-state index contributed by atoms with van der Waals surface area (Å²) in [7, 11) is 0. The number of amides is 1. The van der Waals surface area contributed by atoms with Crippen molar-refractivity contribution in [2.75, 3.05) is 6.54 Å². The number of carbonyl (C=O) groups excluding carboxylic acids is 1. The molecule has 0 heterocycles. The highest BCUT2D eigenvalue weighted by molar-refractivity contribution is 5.87. The zero-order chi connectivity index (χ0) is 15.0. The van der Waals surface area contributed by atoms with Gasteiger partial charge >= 0.3 is 5.97 Å². The van der Waals surface area contributed by atoms with Crippen LogP contribution in [-0.4, -0.2) is 29.6 Å². The largest absolute Gasteiger partial charge is 0.478 e. The molecule has 1 amide bonds. The van der Waals surface area contributed by atoms with E-state index in [2.05, 4.69) is 10.6 Å². The van der Waals surface area contributed by atoms with Gasteiger partial charge in [-0.2, -0.15) is 0 Å². The van der Waals surface area contributed by atoms with Gasteiger partial charge in [0.05, 0.1) is 5.56 Å². The van der Waals surface area contributed by atoms with Gasteiger partial charge in [0.25, 0.3) is 0 Å². The first-order chi connectivity index (χ1) is 9.52. The van der Waals surface area contributed by atoms with Crippen LogP contribution in [0.5, 0.6) is 0 Å². The van der Waals surface area contributed by atoms with Crippen LogP contribution in [-0.2, 0) is 11.3 Å². The van der Waals surface area contributed by atoms with Crippen molar-refractivity contribution in [3.63, 3.8) is 0 Å². The number of carboxylic acids is 1. The fraction of sp³-hybridized carbons (Fsp3) is 0.467. The highest BCUT2D eigenvalue weighted by Crippen LogP contribution is 2.05. The monoisotopic (exact) mass is 278 g/mol. The number of benzene rings is 1. The summed E-state index contributed by atoms with van der Waals surface area (Å²) in [6.45, 7) is 5.12. The zero-order valence-electron chi connectivity index (χ0n) is 12.0. The van der Waals surface area contributed by atoms with Crippen LogP contribution in [0.25, 0.3) is 0 Å². The van der Waals surface area contributed by atoms with Gasteiger partial charge in [0.2, 0.25) is 5.91 Å². The van der Waals surface area contributed by atoms with Crippen LogP contribution in [0.3, 0.4) is 0 Å². The highest BCUT2D eigenvalue weighted by Gasteiger charge is 2.05.